The number of carbonyl (C=O) groups excluding carboxylic acids is 8. The van der Waals surface area contributed by atoms with E-state index < -0.39 is 71.6 Å². The Morgan fingerprint density at radius 2 is 1.35 bits per heavy atom. The number of ether oxygens (including phenoxy) is 2. The number of carbonyl (C=O) groups is 8. The molecule has 2 aromatic rings. The number of fused-ring (bicyclic) bond motifs is 2. The first kappa shape index (κ1) is 35.0. The maximum absolute atomic E-state index is 13.0. The van der Waals surface area contributed by atoms with Crippen molar-refractivity contribution in [3.8, 4) is 0 Å². The Balaban J connectivity index is 1.59. The molecule has 6 N–H and O–H groups in total. The Morgan fingerprint density at radius 1 is 0.783 bits per heavy atom. The molecular formula is C31H35N5O10. The Labute approximate surface area is 263 Å². The minimum atomic E-state index is -1.53. The average Bonchev–Trinajstić information content (AvgIpc) is 3.02. The Hall–Kier alpha value is -5.44. The van der Waals surface area contributed by atoms with E-state index in [0.717, 1.165) is 7.11 Å². The number of esters is 2. The van der Waals surface area contributed by atoms with Crippen LogP contribution in [0.3, 0.4) is 0 Å². The molecule has 0 saturated carbocycles. The normalized spacial score (nSPS) is 12.9. The van der Waals surface area contributed by atoms with E-state index in [9.17, 15) is 38.4 Å². The van der Waals surface area contributed by atoms with Crippen molar-refractivity contribution in [1.82, 2.24) is 21.3 Å². The fourth-order valence-electron chi connectivity index (χ4n) is 4.36. The van der Waals surface area contributed by atoms with Crippen LogP contribution in [0.2, 0.25) is 0 Å². The third-order valence-electron chi connectivity index (χ3n) is 6.97. The molecule has 0 unspecified atom stereocenters. The number of ketones is 2. The number of nitrogens with one attached hydrogen (secondary N) is 4. The van der Waals surface area contributed by atoms with Crippen LogP contribution in [0.4, 0.5) is 0 Å². The second-order valence-electron chi connectivity index (χ2n) is 11.3. The van der Waals surface area contributed by atoms with E-state index in [1.807, 2.05) is 0 Å². The molecule has 4 amide bonds. The molecule has 0 heterocycles. The lowest BCUT2D eigenvalue weighted by Gasteiger charge is -2.31. The van der Waals surface area contributed by atoms with Gasteiger partial charge in [0.25, 0.3) is 0 Å². The predicted molar refractivity (Wildman–Crippen MR) is 160 cm³/mol. The van der Waals surface area contributed by atoms with E-state index in [-0.39, 0.29) is 40.1 Å². The summed E-state index contributed by atoms with van der Waals surface area (Å²) in [6.45, 7) is 3.95. The van der Waals surface area contributed by atoms with E-state index in [0.29, 0.717) is 0 Å². The van der Waals surface area contributed by atoms with Gasteiger partial charge in [0.15, 0.2) is 17.6 Å². The van der Waals surface area contributed by atoms with Crippen LogP contribution in [0, 0.1) is 0 Å². The molecule has 0 radical (unpaired) electrons. The van der Waals surface area contributed by atoms with Gasteiger partial charge in [-0.2, -0.15) is 0 Å². The zero-order valence-corrected chi connectivity index (χ0v) is 25.9. The second kappa shape index (κ2) is 14.1. The van der Waals surface area contributed by atoms with E-state index in [4.69, 9.17) is 10.5 Å². The summed E-state index contributed by atoms with van der Waals surface area (Å²) in [6.07, 6.45) is 0. The fraction of sp³-hybridized carbons (Fsp3) is 0.355. The first-order chi connectivity index (χ1) is 21.5. The standard InChI is InChI=1S/C31H35N5O10/c1-30(2,36-29(44)31(3,4)35-22(37)13-32)28(43)33-14-23(38)34-21(27(42)45-5)15-46-26(41)16-10-11-19-20(12-16)25(40)18-9-7-6-8-17(18)24(19)39/h6-12,21H,13-15,32H2,1-5H3,(H,33,43)(H,34,38)(H,35,37)(H,36,44)/t21-/m0/s1. The van der Waals surface area contributed by atoms with Crippen molar-refractivity contribution in [2.45, 2.75) is 44.8 Å². The number of benzene rings is 2. The lowest BCUT2D eigenvalue weighted by molar-refractivity contribution is -0.146. The van der Waals surface area contributed by atoms with Crippen LogP contribution in [0.25, 0.3) is 0 Å². The maximum Gasteiger partial charge on any atom is 0.338 e. The van der Waals surface area contributed by atoms with Crippen molar-refractivity contribution >= 4 is 47.1 Å². The van der Waals surface area contributed by atoms with Gasteiger partial charge in [-0.1, -0.05) is 24.3 Å². The summed E-state index contributed by atoms with van der Waals surface area (Å²) in [5.74, 6) is -5.58. The number of amides is 4. The summed E-state index contributed by atoms with van der Waals surface area (Å²) in [5, 5.41) is 9.54. The zero-order chi connectivity index (χ0) is 34.4. The molecule has 1 aliphatic carbocycles. The Kier molecular flexibility index (Phi) is 10.8. The lowest BCUT2D eigenvalue weighted by atomic mass is 9.83. The number of hydrogen-bond acceptors (Lipinski definition) is 11. The Bertz CT molecular complexity index is 1610. The first-order valence-electron chi connectivity index (χ1n) is 14.0. The van der Waals surface area contributed by atoms with E-state index in [1.54, 1.807) is 18.2 Å². The van der Waals surface area contributed by atoms with Crippen LogP contribution in [0.1, 0.15) is 69.9 Å². The van der Waals surface area contributed by atoms with Gasteiger partial charge in [-0.25, -0.2) is 9.59 Å². The average molecular weight is 638 g/mol. The predicted octanol–water partition coefficient (Wildman–Crippen LogP) is -0.859. The molecule has 244 valence electrons. The van der Waals surface area contributed by atoms with Gasteiger partial charge < -0.3 is 36.5 Å². The number of hydrogen-bond donors (Lipinski definition) is 5. The van der Waals surface area contributed by atoms with Crippen molar-refractivity contribution in [2.75, 3.05) is 26.8 Å². The summed E-state index contributed by atoms with van der Waals surface area (Å²) < 4.78 is 9.88. The minimum Gasteiger partial charge on any atom is -0.467 e. The van der Waals surface area contributed by atoms with Gasteiger partial charge in [0.05, 0.1) is 25.8 Å². The van der Waals surface area contributed by atoms with Crippen LogP contribution < -0.4 is 27.0 Å². The molecule has 2 aromatic carbocycles. The quantitative estimate of drug-likeness (QED) is 0.153. The molecule has 15 nitrogen and oxygen atoms in total. The summed E-state index contributed by atoms with van der Waals surface area (Å²) in [6, 6.07) is 8.71. The van der Waals surface area contributed by atoms with Gasteiger partial charge >= 0.3 is 11.9 Å². The molecule has 3 rings (SSSR count). The highest BCUT2D eigenvalue weighted by molar-refractivity contribution is 6.28. The van der Waals surface area contributed by atoms with Gasteiger partial charge in [-0.15, -0.1) is 0 Å². The minimum absolute atomic E-state index is 0.0229. The third-order valence-corrected chi connectivity index (χ3v) is 6.97. The maximum atomic E-state index is 13.0. The zero-order valence-electron chi connectivity index (χ0n) is 25.9. The van der Waals surface area contributed by atoms with Crippen molar-refractivity contribution in [3.05, 3.63) is 70.3 Å². The van der Waals surface area contributed by atoms with Gasteiger partial charge in [-0.3, -0.25) is 28.8 Å². The second-order valence-corrected chi connectivity index (χ2v) is 11.3. The highest BCUT2D eigenvalue weighted by Gasteiger charge is 2.37. The van der Waals surface area contributed by atoms with Gasteiger partial charge in [-0.05, 0) is 45.9 Å². The largest absolute Gasteiger partial charge is 0.467 e. The molecule has 1 atom stereocenters. The highest BCUT2D eigenvalue weighted by atomic mass is 16.5. The summed E-state index contributed by atoms with van der Waals surface area (Å²) in [4.78, 5) is 101. The first-order valence-corrected chi connectivity index (χ1v) is 14.0. The van der Waals surface area contributed by atoms with Crippen LogP contribution in [-0.4, -0.2) is 91.1 Å². The SMILES string of the molecule is COC(=O)[C@H](COC(=O)c1ccc2c(c1)C(=O)c1ccccc1C2=O)NC(=O)CNC(=O)C(C)(C)NC(=O)C(C)(C)NC(=O)CN. The topological polar surface area (TPSA) is 229 Å². The molecule has 0 aliphatic heterocycles. The lowest BCUT2D eigenvalue weighted by Crippen LogP contribution is -2.63. The molecule has 15 heteroatoms. The van der Waals surface area contributed by atoms with Crippen LogP contribution >= 0.6 is 0 Å². The van der Waals surface area contributed by atoms with Crippen molar-refractivity contribution < 1.29 is 47.8 Å². The molecule has 0 bridgehead atoms. The highest BCUT2D eigenvalue weighted by Crippen LogP contribution is 2.28. The van der Waals surface area contributed by atoms with Gasteiger partial charge in [0.1, 0.15) is 17.7 Å². The van der Waals surface area contributed by atoms with Crippen molar-refractivity contribution in [1.29, 1.82) is 0 Å². The molecule has 46 heavy (non-hydrogen) atoms. The molecule has 1 aliphatic rings. The Morgan fingerprint density at radius 3 is 1.93 bits per heavy atom. The van der Waals surface area contributed by atoms with Gasteiger partial charge in [0, 0.05) is 22.3 Å². The van der Waals surface area contributed by atoms with Crippen LogP contribution in [-0.2, 0) is 33.4 Å². The van der Waals surface area contributed by atoms with Crippen LogP contribution in [0.15, 0.2) is 42.5 Å². The monoisotopic (exact) mass is 637 g/mol. The smallest absolute Gasteiger partial charge is 0.338 e. The number of methoxy groups -OCH3 is 1. The number of rotatable bonds is 12. The van der Waals surface area contributed by atoms with Crippen molar-refractivity contribution in [3.63, 3.8) is 0 Å². The van der Waals surface area contributed by atoms with Gasteiger partial charge in [0.2, 0.25) is 23.6 Å². The molecule has 0 spiro atoms. The molecular weight excluding hydrogens is 602 g/mol. The van der Waals surface area contributed by atoms with E-state index >= 15 is 0 Å². The van der Waals surface area contributed by atoms with E-state index in [2.05, 4.69) is 26.0 Å². The molecule has 0 fully saturated rings. The van der Waals surface area contributed by atoms with Crippen LogP contribution in [0.5, 0.6) is 0 Å². The summed E-state index contributed by atoms with van der Waals surface area (Å²) >= 11 is 0. The fourth-order valence-corrected chi connectivity index (χ4v) is 4.36. The van der Waals surface area contributed by atoms with Crippen molar-refractivity contribution in [2.24, 2.45) is 5.73 Å². The summed E-state index contributed by atoms with van der Waals surface area (Å²) in [5.41, 5.74) is 2.89. The summed E-state index contributed by atoms with van der Waals surface area (Å²) in [7, 11) is 1.05. The van der Waals surface area contributed by atoms with E-state index in [1.165, 1.54) is 52.0 Å². The molecule has 0 saturated heterocycles. The third kappa shape index (κ3) is 7.98. The number of nitrogens with two attached hydrogens (primary N) is 1. The molecule has 0 aromatic heterocycles.